The number of halogens is 5. The molecule has 0 radical (unpaired) electrons. The zero-order chi connectivity index (χ0) is 15.5. The van der Waals surface area contributed by atoms with Crippen LogP contribution in [0.3, 0.4) is 0 Å². The number of alkyl halides is 3. The zero-order valence-electron chi connectivity index (χ0n) is 10.3. The highest BCUT2D eigenvalue weighted by Gasteiger charge is 2.31. The first-order valence-electron chi connectivity index (χ1n) is 5.63. The number of pyridine rings is 1. The summed E-state index contributed by atoms with van der Waals surface area (Å²) in [5, 5.41) is 4.22. The fourth-order valence-corrected chi connectivity index (χ4v) is 1.84. The van der Waals surface area contributed by atoms with E-state index in [0.717, 1.165) is 11.6 Å². The fourth-order valence-electron chi connectivity index (χ4n) is 1.43. The molecule has 3 nitrogen and oxygen atoms in total. The lowest BCUT2D eigenvalue weighted by Crippen LogP contribution is -2.06. The summed E-state index contributed by atoms with van der Waals surface area (Å²) in [5.41, 5.74) is 2.28. The van der Waals surface area contributed by atoms with Gasteiger partial charge in [0.2, 0.25) is 0 Å². The highest BCUT2D eigenvalue weighted by atomic mass is 35.5. The molecule has 21 heavy (non-hydrogen) atoms. The maximum absolute atomic E-state index is 12.4. The molecule has 2 rings (SSSR count). The third-order valence-electron chi connectivity index (χ3n) is 2.40. The van der Waals surface area contributed by atoms with Crippen molar-refractivity contribution < 1.29 is 13.2 Å². The van der Waals surface area contributed by atoms with Crippen molar-refractivity contribution in [2.75, 3.05) is 5.43 Å². The quantitative estimate of drug-likeness (QED) is 0.643. The molecule has 0 saturated heterocycles. The van der Waals surface area contributed by atoms with Gasteiger partial charge in [-0.3, -0.25) is 5.43 Å². The number of aromatic nitrogens is 1. The Morgan fingerprint density at radius 2 is 1.95 bits per heavy atom. The molecular formula is C13H8Cl2F3N3. The summed E-state index contributed by atoms with van der Waals surface area (Å²) in [4.78, 5) is 3.59. The minimum atomic E-state index is -4.49. The van der Waals surface area contributed by atoms with E-state index in [2.05, 4.69) is 15.5 Å². The highest BCUT2D eigenvalue weighted by molar-refractivity contribution is 6.33. The lowest BCUT2D eigenvalue weighted by molar-refractivity contribution is -0.137. The summed E-state index contributed by atoms with van der Waals surface area (Å²) in [6.07, 6.45) is -2.36. The van der Waals surface area contributed by atoms with E-state index >= 15 is 0 Å². The number of hydrazone groups is 1. The molecule has 0 saturated carbocycles. The first-order chi connectivity index (χ1) is 9.86. The summed E-state index contributed by atoms with van der Waals surface area (Å²) in [6, 6.07) is 7.67. The molecule has 0 aliphatic rings. The molecule has 0 spiro atoms. The molecule has 2 aromatic rings. The average Bonchev–Trinajstić information content (AvgIpc) is 2.39. The lowest BCUT2D eigenvalue weighted by Gasteiger charge is -2.08. The van der Waals surface area contributed by atoms with E-state index in [4.69, 9.17) is 23.2 Å². The van der Waals surface area contributed by atoms with Crippen LogP contribution in [-0.2, 0) is 6.18 Å². The maximum Gasteiger partial charge on any atom is 0.417 e. The Kier molecular flexibility index (Phi) is 4.69. The predicted octanol–water partition coefficient (Wildman–Crippen LogP) is 4.85. The number of rotatable bonds is 3. The standard InChI is InChI=1S/C13H8Cl2F3N3/c14-10-3-1-2-8(4-10)6-20-21-12-11(15)5-9(7-19-12)13(16,17)18/h1-7H,(H,19,21)/b20-6-. The Bertz CT molecular complexity index is 672. The lowest BCUT2D eigenvalue weighted by atomic mass is 10.2. The van der Waals surface area contributed by atoms with Crippen LogP contribution in [0.15, 0.2) is 41.6 Å². The zero-order valence-corrected chi connectivity index (χ0v) is 11.8. The van der Waals surface area contributed by atoms with Gasteiger partial charge in [0.25, 0.3) is 0 Å². The molecule has 0 aliphatic carbocycles. The van der Waals surface area contributed by atoms with Crippen molar-refractivity contribution in [2.24, 2.45) is 5.10 Å². The van der Waals surface area contributed by atoms with Crippen molar-refractivity contribution in [1.29, 1.82) is 0 Å². The molecule has 1 aromatic carbocycles. The van der Waals surface area contributed by atoms with Crippen LogP contribution in [-0.4, -0.2) is 11.2 Å². The molecule has 0 unspecified atom stereocenters. The van der Waals surface area contributed by atoms with E-state index in [1.807, 2.05) is 0 Å². The average molecular weight is 334 g/mol. The SMILES string of the molecule is FC(F)(F)c1cnc(N/N=C\c2cccc(Cl)c2)c(Cl)c1. The van der Waals surface area contributed by atoms with Crippen molar-refractivity contribution in [3.8, 4) is 0 Å². The number of benzene rings is 1. The van der Waals surface area contributed by atoms with Gasteiger partial charge >= 0.3 is 6.18 Å². The van der Waals surface area contributed by atoms with Gasteiger partial charge < -0.3 is 0 Å². The summed E-state index contributed by atoms with van der Waals surface area (Å²) in [6.45, 7) is 0. The van der Waals surface area contributed by atoms with E-state index in [1.165, 1.54) is 6.21 Å². The van der Waals surface area contributed by atoms with E-state index in [0.29, 0.717) is 11.2 Å². The Labute approximate surface area is 128 Å². The molecule has 0 fully saturated rings. The Hall–Kier alpha value is -1.79. The largest absolute Gasteiger partial charge is 0.417 e. The van der Waals surface area contributed by atoms with Gasteiger partial charge in [0.15, 0.2) is 5.82 Å². The third-order valence-corrected chi connectivity index (χ3v) is 2.92. The van der Waals surface area contributed by atoms with Gasteiger partial charge in [-0.15, -0.1) is 0 Å². The normalized spacial score (nSPS) is 11.9. The molecule has 1 heterocycles. The van der Waals surface area contributed by atoms with E-state index in [9.17, 15) is 13.2 Å². The second-order valence-electron chi connectivity index (χ2n) is 3.98. The smallest absolute Gasteiger partial charge is 0.260 e. The van der Waals surface area contributed by atoms with Gasteiger partial charge in [-0.05, 0) is 23.8 Å². The van der Waals surface area contributed by atoms with Crippen LogP contribution in [0.2, 0.25) is 10.0 Å². The van der Waals surface area contributed by atoms with E-state index in [1.54, 1.807) is 24.3 Å². The predicted molar refractivity (Wildman–Crippen MR) is 76.9 cm³/mol. The van der Waals surface area contributed by atoms with E-state index < -0.39 is 11.7 Å². The monoisotopic (exact) mass is 333 g/mol. The second kappa shape index (κ2) is 6.32. The number of nitrogens with zero attached hydrogens (tertiary/aromatic N) is 2. The van der Waals surface area contributed by atoms with Crippen molar-refractivity contribution >= 4 is 35.2 Å². The van der Waals surface area contributed by atoms with Crippen LogP contribution in [0, 0.1) is 0 Å². The molecule has 0 amide bonds. The topological polar surface area (TPSA) is 37.3 Å². The van der Waals surface area contributed by atoms with Crippen molar-refractivity contribution in [2.45, 2.75) is 6.18 Å². The minimum Gasteiger partial charge on any atom is -0.260 e. The molecule has 0 aliphatic heterocycles. The number of hydrogen-bond acceptors (Lipinski definition) is 3. The molecular weight excluding hydrogens is 326 g/mol. The van der Waals surface area contributed by atoms with Crippen LogP contribution < -0.4 is 5.43 Å². The second-order valence-corrected chi connectivity index (χ2v) is 4.82. The molecule has 0 bridgehead atoms. The van der Waals surface area contributed by atoms with Crippen LogP contribution >= 0.6 is 23.2 Å². The summed E-state index contributed by atoms with van der Waals surface area (Å²) >= 11 is 11.5. The molecule has 1 N–H and O–H groups in total. The van der Waals surface area contributed by atoms with Crippen LogP contribution in [0.1, 0.15) is 11.1 Å². The molecule has 1 aromatic heterocycles. The summed E-state index contributed by atoms with van der Waals surface area (Å²) < 4.78 is 37.3. The van der Waals surface area contributed by atoms with Crippen molar-refractivity contribution in [3.05, 3.63) is 57.7 Å². The highest BCUT2D eigenvalue weighted by Crippen LogP contribution is 2.32. The number of hydrogen-bond donors (Lipinski definition) is 1. The van der Waals surface area contributed by atoms with Crippen LogP contribution in [0.25, 0.3) is 0 Å². The fraction of sp³-hybridized carbons (Fsp3) is 0.0769. The van der Waals surface area contributed by atoms with Gasteiger partial charge in [0.1, 0.15) is 0 Å². The summed E-state index contributed by atoms with van der Waals surface area (Å²) in [7, 11) is 0. The van der Waals surface area contributed by atoms with Gasteiger partial charge in [0.05, 0.1) is 16.8 Å². The molecule has 110 valence electrons. The minimum absolute atomic E-state index is 0.0305. The first-order valence-corrected chi connectivity index (χ1v) is 6.39. The van der Waals surface area contributed by atoms with Crippen molar-refractivity contribution in [3.63, 3.8) is 0 Å². The van der Waals surface area contributed by atoms with Gasteiger partial charge in [-0.25, -0.2) is 4.98 Å². The Balaban J connectivity index is 2.10. The summed E-state index contributed by atoms with van der Waals surface area (Å²) in [5.74, 6) is 0.0305. The third kappa shape index (κ3) is 4.34. The molecule has 8 heteroatoms. The number of nitrogens with one attached hydrogen (secondary N) is 1. The Morgan fingerprint density at radius 3 is 2.57 bits per heavy atom. The van der Waals surface area contributed by atoms with Gasteiger partial charge in [-0.2, -0.15) is 18.3 Å². The van der Waals surface area contributed by atoms with Gasteiger partial charge in [0, 0.05) is 11.2 Å². The molecule has 0 atom stereocenters. The van der Waals surface area contributed by atoms with Gasteiger partial charge in [-0.1, -0.05) is 35.3 Å². The number of anilines is 1. The maximum atomic E-state index is 12.4. The Morgan fingerprint density at radius 1 is 1.19 bits per heavy atom. The first kappa shape index (κ1) is 15.6. The van der Waals surface area contributed by atoms with Crippen LogP contribution in [0.5, 0.6) is 0 Å². The van der Waals surface area contributed by atoms with Crippen molar-refractivity contribution in [1.82, 2.24) is 4.98 Å². The van der Waals surface area contributed by atoms with E-state index in [-0.39, 0.29) is 10.8 Å². The van der Waals surface area contributed by atoms with Crippen LogP contribution in [0.4, 0.5) is 19.0 Å².